The first-order valence-corrected chi connectivity index (χ1v) is 13.7. The summed E-state index contributed by atoms with van der Waals surface area (Å²) in [6, 6.07) is 16.6. The number of hydrogen-bond donors (Lipinski definition) is 0. The highest BCUT2D eigenvalue weighted by molar-refractivity contribution is 5.83. The zero-order valence-electron chi connectivity index (χ0n) is 21.4. The maximum absolute atomic E-state index is 13.6. The molecule has 2 aromatic rings. The summed E-state index contributed by atoms with van der Waals surface area (Å²) in [5.74, 6) is 1.18. The van der Waals surface area contributed by atoms with Gasteiger partial charge in [-0.15, -0.1) is 6.58 Å². The van der Waals surface area contributed by atoms with Crippen LogP contribution in [0.2, 0.25) is 0 Å². The van der Waals surface area contributed by atoms with E-state index in [2.05, 4.69) is 35.7 Å². The lowest BCUT2D eigenvalue weighted by Gasteiger charge is -2.38. The van der Waals surface area contributed by atoms with Crippen LogP contribution in [-0.4, -0.2) is 46.8 Å². The van der Waals surface area contributed by atoms with Crippen LogP contribution in [0, 0.1) is 5.92 Å². The van der Waals surface area contributed by atoms with Gasteiger partial charge in [0.05, 0.1) is 6.04 Å². The minimum atomic E-state index is -0.536. The Morgan fingerprint density at radius 1 is 1.11 bits per heavy atom. The van der Waals surface area contributed by atoms with E-state index in [4.69, 9.17) is 4.74 Å². The highest BCUT2D eigenvalue weighted by Gasteiger charge is 2.40. The molecule has 5 rings (SSSR count). The van der Waals surface area contributed by atoms with Crippen molar-refractivity contribution in [3.63, 3.8) is 0 Å². The Hall–Kier alpha value is -3.08. The summed E-state index contributed by atoms with van der Waals surface area (Å²) in [6.45, 7) is 7.17. The molecule has 5 nitrogen and oxygen atoms in total. The molecule has 0 spiro atoms. The Bertz CT molecular complexity index is 1090. The Morgan fingerprint density at radius 2 is 1.86 bits per heavy atom. The third-order valence-electron chi connectivity index (χ3n) is 7.97. The third-order valence-corrected chi connectivity index (χ3v) is 7.97. The minimum Gasteiger partial charge on any atom is -0.481 e. The van der Waals surface area contributed by atoms with Crippen molar-refractivity contribution in [2.75, 3.05) is 13.1 Å². The number of benzene rings is 2. The average Bonchev–Trinajstić information content (AvgIpc) is 3.63. The van der Waals surface area contributed by atoms with Crippen molar-refractivity contribution in [2.45, 2.75) is 76.5 Å². The van der Waals surface area contributed by atoms with Gasteiger partial charge >= 0.3 is 0 Å². The van der Waals surface area contributed by atoms with Crippen molar-refractivity contribution in [1.29, 1.82) is 0 Å². The Kier molecular flexibility index (Phi) is 7.45. The first-order chi connectivity index (χ1) is 17.6. The molecule has 0 bridgehead atoms. The molecule has 2 aliphatic carbocycles. The molecule has 0 radical (unpaired) electrons. The fourth-order valence-electron chi connectivity index (χ4n) is 5.90. The predicted octanol–water partition coefficient (Wildman–Crippen LogP) is 5.69. The Labute approximate surface area is 215 Å². The summed E-state index contributed by atoms with van der Waals surface area (Å²) in [7, 11) is 0. The topological polar surface area (TPSA) is 49.9 Å². The number of amides is 2. The number of fused-ring (bicyclic) bond motifs is 1. The lowest BCUT2D eigenvalue weighted by Crippen LogP contribution is -2.46. The Morgan fingerprint density at radius 3 is 2.53 bits per heavy atom. The van der Waals surface area contributed by atoms with Crippen molar-refractivity contribution in [1.82, 2.24) is 9.80 Å². The molecular weight excluding hydrogens is 448 g/mol. The molecule has 0 unspecified atom stereocenters. The maximum atomic E-state index is 13.6. The van der Waals surface area contributed by atoms with Gasteiger partial charge in [0.15, 0.2) is 6.10 Å². The molecule has 36 heavy (non-hydrogen) atoms. The monoisotopic (exact) mass is 486 g/mol. The average molecular weight is 487 g/mol. The molecule has 2 atom stereocenters. The van der Waals surface area contributed by atoms with E-state index >= 15 is 0 Å². The van der Waals surface area contributed by atoms with Crippen molar-refractivity contribution in [3.8, 4) is 5.75 Å². The zero-order chi connectivity index (χ0) is 25.1. The van der Waals surface area contributed by atoms with E-state index in [1.165, 1.54) is 18.4 Å². The lowest BCUT2D eigenvalue weighted by molar-refractivity contribution is -0.140. The molecule has 5 heteroatoms. The number of carbonyl (C=O) groups excluding carboxylic acids is 2. The maximum Gasteiger partial charge on any atom is 0.264 e. The van der Waals surface area contributed by atoms with E-state index < -0.39 is 6.10 Å². The predicted molar refractivity (Wildman–Crippen MR) is 142 cm³/mol. The number of rotatable bonds is 9. The highest BCUT2D eigenvalue weighted by Crippen LogP contribution is 2.41. The van der Waals surface area contributed by atoms with Crippen LogP contribution in [0.25, 0.3) is 0 Å². The van der Waals surface area contributed by atoms with Crippen LogP contribution in [0.15, 0.2) is 61.2 Å². The highest BCUT2D eigenvalue weighted by atomic mass is 16.5. The lowest BCUT2D eigenvalue weighted by atomic mass is 9.87. The van der Waals surface area contributed by atoms with Crippen LogP contribution in [0.3, 0.4) is 0 Å². The molecule has 1 heterocycles. The van der Waals surface area contributed by atoms with Gasteiger partial charge < -0.3 is 14.5 Å². The van der Waals surface area contributed by atoms with Gasteiger partial charge in [0, 0.05) is 25.0 Å². The summed E-state index contributed by atoms with van der Waals surface area (Å²) in [5.41, 5.74) is 3.47. The van der Waals surface area contributed by atoms with Crippen LogP contribution < -0.4 is 4.74 Å². The molecule has 2 aromatic carbocycles. The van der Waals surface area contributed by atoms with Gasteiger partial charge in [0.2, 0.25) is 5.91 Å². The van der Waals surface area contributed by atoms with Crippen LogP contribution >= 0.6 is 0 Å². The fraction of sp³-hybridized carbons (Fsp3) is 0.484. The van der Waals surface area contributed by atoms with Crippen molar-refractivity contribution >= 4 is 11.8 Å². The van der Waals surface area contributed by atoms with Crippen molar-refractivity contribution < 1.29 is 14.3 Å². The molecule has 1 aliphatic heterocycles. The van der Waals surface area contributed by atoms with Gasteiger partial charge in [0.25, 0.3) is 5.91 Å². The van der Waals surface area contributed by atoms with E-state index in [9.17, 15) is 9.59 Å². The normalized spacial score (nSPS) is 20.5. The van der Waals surface area contributed by atoms with E-state index in [1.54, 1.807) is 0 Å². The summed E-state index contributed by atoms with van der Waals surface area (Å²) >= 11 is 0. The van der Waals surface area contributed by atoms with E-state index in [0.717, 1.165) is 49.8 Å². The molecule has 2 amide bonds. The number of hydrogen-bond acceptors (Lipinski definition) is 3. The van der Waals surface area contributed by atoms with Gasteiger partial charge in [-0.3, -0.25) is 9.59 Å². The summed E-state index contributed by atoms with van der Waals surface area (Å²) in [5, 5.41) is 0. The Balaban J connectivity index is 1.43. The molecular formula is C31H38N2O3. The molecule has 0 saturated heterocycles. The molecule has 3 aliphatic rings. The number of nitrogens with zero attached hydrogens (tertiary/aromatic N) is 2. The molecule has 2 saturated carbocycles. The second-order valence-electron chi connectivity index (χ2n) is 10.5. The number of ether oxygens (including phenoxy) is 1. The summed E-state index contributed by atoms with van der Waals surface area (Å²) in [4.78, 5) is 30.8. The van der Waals surface area contributed by atoms with Crippen LogP contribution in [0.5, 0.6) is 5.75 Å². The molecule has 2 fully saturated rings. The summed E-state index contributed by atoms with van der Waals surface area (Å²) < 4.78 is 6.39. The van der Waals surface area contributed by atoms with Crippen LogP contribution in [0.4, 0.5) is 0 Å². The van der Waals surface area contributed by atoms with E-state index in [0.29, 0.717) is 18.7 Å². The van der Waals surface area contributed by atoms with Gasteiger partial charge in [-0.1, -0.05) is 62.2 Å². The minimum absolute atomic E-state index is 0.0483. The van der Waals surface area contributed by atoms with E-state index in [-0.39, 0.29) is 29.8 Å². The molecule has 190 valence electrons. The molecule has 0 aromatic heterocycles. The number of carbonyl (C=O) groups is 2. The summed E-state index contributed by atoms with van der Waals surface area (Å²) in [6.07, 6.45) is 9.16. The first kappa shape index (κ1) is 24.6. The van der Waals surface area contributed by atoms with Gasteiger partial charge in [-0.2, -0.15) is 0 Å². The first-order valence-electron chi connectivity index (χ1n) is 13.7. The second-order valence-corrected chi connectivity index (χ2v) is 10.5. The van der Waals surface area contributed by atoms with Gasteiger partial charge in [-0.05, 0) is 67.3 Å². The van der Waals surface area contributed by atoms with Crippen molar-refractivity contribution in [3.05, 3.63) is 77.9 Å². The van der Waals surface area contributed by atoms with Gasteiger partial charge in [-0.25, -0.2) is 0 Å². The quantitative estimate of drug-likeness (QED) is 0.428. The fourth-order valence-corrected chi connectivity index (χ4v) is 5.90. The largest absolute Gasteiger partial charge is 0.481 e. The van der Waals surface area contributed by atoms with Crippen LogP contribution in [0.1, 0.15) is 74.6 Å². The SMILES string of the molecule is C=CCN(C(=O)[C@@H](CC)Oc1ccc2c(c1)[C@H](c1ccccc1)N(C(=O)C1CC1)CC2)C1CCCC1. The smallest absolute Gasteiger partial charge is 0.264 e. The van der Waals surface area contributed by atoms with Crippen LogP contribution in [-0.2, 0) is 16.0 Å². The molecule has 0 N–H and O–H groups in total. The zero-order valence-corrected chi connectivity index (χ0v) is 21.4. The van der Waals surface area contributed by atoms with Gasteiger partial charge in [0.1, 0.15) is 5.75 Å². The standard InChI is InChI=1S/C31H38N2O3/c1-3-19-32(25-12-8-9-13-25)31(35)28(4-2)36-26-17-16-22-18-20-33(30(34)24-14-15-24)29(27(22)21-26)23-10-6-5-7-11-23/h3,5-7,10-11,16-17,21,24-25,28-29H,1,4,8-9,12-15,18-20H2,2H3/t28-,29+/m1/s1. The van der Waals surface area contributed by atoms with E-state index in [1.807, 2.05) is 42.2 Å². The van der Waals surface area contributed by atoms with Crippen molar-refractivity contribution in [2.24, 2.45) is 5.92 Å². The second kappa shape index (κ2) is 10.9. The third kappa shape index (κ3) is 5.07.